The van der Waals surface area contributed by atoms with Gasteiger partial charge in [-0.25, -0.2) is 8.42 Å². The summed E-state index contributed by atoms with van der Waals surface area (Å²) in [6.07, 6.45) is 0. The molecule has 1 aliphatic heterocycles. The van der Waals surface area contributed by atoms with Crippen LogP contribution in [0.25, 0.3) is 0 Å². The summed E-state index contributed by atoms with van der Waals surface area (Å²) in [5, 5.41) is 3.40. The van der Waals surface area contributed by atoms with Crippen molar-refractivity contribution >= 4 is 50.9 Å². The fourth-order valence-corrected chi connectivity index (χ4v) is 5.75. The number of anilines is 1. The van der Waals surface area contributed by atoms with Crippen molar-refractivity contribution in [3.63, 3.8) is 0 Å². The number of nitrogens with one attached hydrogen (secondary N) is 1. The van der Waals surface area contributed by atoms with Gasteiger partial charge in [0.15, 0.2) is 0 Å². The average molecular weight is 482 g/mol. The molecule has 0 bridgehead atoms. The lowest BCUT2D eigenvalue weighted by Gasteiger charge is -2.29. The van der Waals surface area contributed by atoms with Crippen LogP contribution in [0.5, 0.6) is 0 Å². The highest BCUT2D eigenvalue weighted by Crippen LogP contribution is 2.37. The Labute approximate surface area is 191 Å². The predicted molar refractivity (Wildman–Crippen MR) is 123 cm³/mol. The average Bonchev–Trinajstić information content (AvgIpc) is 2.75. The molecular formula is C21H24ClN3O4S2. The van der Waals surface area contributed by atoms with E-state index in [2.05, 4.69) is 5.32 Å². The Kier molecular flexibility index (Phi) is 7.64. The van der Waals surface area contributed by atoms with Crippen LogP contribution in [0.15, 0.2) is 52.3 Å². The van der Waals surface area contributed by atoms with E-state index >= 15 is 0 Å². The molecule has 0 saturated heterocycles. The van der Waals surface area contributed by atoms with Crippen LogP contribution in [-0.4, -0.2) is 49.9 Å². The molecule has 0 aromatic heterocycles. The second kappa shape index (κ2) is 10.0. The molecule has 2 aromatic rings. The van der Waals surface area contributed by atoms with Crippen molar-refractivity contribution in [3.05, 3.63) is 53.1 Å². The van der Waals surface area contributed by atoms with Gasteiger partial charge in [0, 0.05) is 29.6 Å². The quantitative estimate of drug-likeness (QED) is 0.626. The minimum Gasteiger partial charge on any atom is -0.350 e. The lowest BCUT2D eigenvalue weighted by atomic mass is 10.2. The Morgan fingerprint density at radius 2 is 1.84 bits per heavy atom. The van der Waals surface area contributed by atoms with E-state index in [-0.39, 0.29) is 29.0 Å². The highest BCUT2D eigenvalue weighted by Gasteiger charge is 2.30. The van der Waals surface area contributed by atoms with Gasteiger partial charge in [-0.3, -0.25) is 9.59 Å². The van der Waals surface area contributed by atoms with E-state index in [0.717, 1.165) is 10.5 Å². The monoisotopic (exact) mass is 481 g/mol. The van der Waals surface area contributed by atoms with Crippen LogP contribution in [-0.2, 0) is 26.2 Å². The predicted octanol–water partition coefficient (Wildman–Crippen LogP) is 3.13. The number of thioether (sulfide) groups is 1. The summed E-state index contributed by atoms with van der Waals surface area (Å²) < 4.78 is 27.2. The Morgan fingerprint density at radius 3 is 2.48 bits per heavy atom. The second-order valence-corrected chi connectivity index (χ2v) is 10.3. The third-order valence-electron chi connectivity index (χ3n) is 4.92. The molecule has 10 heteroatoms. The number of sulfonamides is 1. The Hall–Kier alpha value is -2.07. The minimum absolute atomic E-state index is 0.108. The van der Waals surface area contributed by atoms with Gasteiger partial charge in [0.25, 0.3) is 0 Å². The molecule has 0 unspecified atom stereocenters. The molecule has 1 heterocycles. The zero-order valence-electron chi connectivity index (χ0n) is 17.3. The maximum Gasteiger partial charge on any atom is 0.243 e. The molecule has 0 radical (unpaired) electrons. The number of carbonyl (C=O) groups excluding carboxylic acids is 2. The molecule has 166 valence electrons. The van der Waals surface area contributed by atoms with Crippen LogP contribution in [0.1, 0.15) is 19.4 Å². The third kappa shape index (κ3) is 5.41. The maximum atomic E-state index is 12.9. The number of rotatable bonds is 8. The first kappa shape index (κ1) is 23.6. The molecule has 3 rings (SSSR count). The van der Waals surface area contributed by atoms with E-state index in [4.69, 9.17) is 11.6 Å². The highest BCUT2D eigenvalue weighted by molar-refractivity contribution is 8.00. The van der Waals surface area contributed by atoms with Crippen molar-refractivity contribution < 1.29 is 18.0 Å². The number of benzene rings is 2. The molecule has 0 atom stereocenters. The molecule has 0 spiro atoms. The van der Waals surface area contributed by atoms with Crippen molar-refractivity contribution in [1.82, 2.24) is 9.62 Å². The summed E-state index contributed by atoms with van der Waals surface area (Å²) in [6, 6.07) is 11.8. The van der Waals surface area contributed by atoms with Crippen molar-refractivity contribution in [2.24, 2.45) is 0 Å². The molecule has 0 aliphatic carbocycles. The molecule has 2 aromatic carbocycles. The number of amides is 2. The van der Waals surface area contributed by atoms with Gasteiger partial charge in [-0.05, 0) is 35.9 Å². The third-order valence-corrected chi connectivity index (χ3v) is 8.27. The van der Waals surface area contributed by atoms with Crippen molar-refractivity contribution in [2.45, 2.75) is 30.2 Å². The number of hydrogen-bond acceptors (Lipinski definition) is 5. The fourth-order valence-electron chi connectivity index (χ4n) is 3.23. The van der Waals surface area contributed by atoms with Crippen LogP contribution in [0.3, 0.4) is 0 Å². The smallest absolute Gasteiger partial charge is 0.243 e. The normalized spacial score (nSPS) is 13.9. The molecular weight excluding hydrogens is 458 g/mol. The first-order valence-corrected chi connectivity index (χ1v) is 12.6. The molecule has 1 N–H and O–H groups in total. The van der Waals surface area contributed by atoms with Gasteiger partial charge >= 0.3 is 0 Å². The number of nitrogens with zero attached hydrogens (tertiary/aromatic N) is 2. The van der Waals surface area contributed by atoms with E-state index in [9.17, 15) is 18.0 Å². The van der Waals surface area contributed by atoms with Gasteiger partial charge in [-0.15, -0.1) is 11.8 Å². The molecule has 0 saturated carbocycles. The zero-order chi connectivity index (χ0) is 22.6. The first-order chi connectivity index (χ1) is 14.8. The van der Waals surface area contributed by atoms with E-state index in [1.165, 1.54) is 27.0 Å². The maximum absolute atomic E-state index is 12.9. The standard InChI is InChI=1S/C21H24ClN3O4S2/c1-3-24(4-2)31(28,29)17-9-10-19-18(11-17)25(21(27)14-30-19)13-20(26)23-12-15-5-7-16(22)8-6-15/h5-11H,3-4,12-14H2,1-2H3,(H,23,26). The summed E-state index contributed by atoms with van der Waals surface area (Å²) in [5.41, 5.74) is 1.32. The first-order valence-electron chi connectivity index (χ1n) is 9.84. The van der Waals surface area contributed by atoms with Crippen molar-refractivity contribution in [1.29, 1.82) is 0 Å². The lowest BCUT2D eigenvalue weighted by molar-refractivity contribution is -0.123. The summed E-state index contributed by atoms with van der Waals surface area (Å²) in [5.74, 6) is -0.380. The van der Waals surface area contributed by atoms with Crippen LogP contribution < -0.4 is 10.2 Å². The lowest BCUT2D eigenvalue weighted by Crippen LogP contribution is -2.43. The van der Waals surface area contributed by atoms with Gasteiger partial charge < -0.3 is 10.2 Å². The second-order valence-electron chi connectivity index (χ2n) is 6.89. The van der Waals surface area contributed by atoms with Gasteiger partial charge in [-0.2, -0.15) is 4.31 Å². The summed E-state index contributed by atoms with van der Waals surface area (Å²) in [4.78, 5) is 27.3. The molecule has 0 fully saturated rings. The summed E-state index contributed by atoms with van der Waals surface area (Å²) >= 11 is 7.21. The SMILES string of the molecule is CCN(CC)S(=O)(=O)c1ccc2c(c1)N(CC(=O)NCc1ccc(Cl)cc1)C(=O)CS2. The molecule has 2 amide bonds. The topological polar surface area (TPSA) is 86.8 Å². The van der Waals surface area contributed by atoms with Crippen molar-refractivity contribution in [3.8, 4) is 0 Å². The van der Waals surface area contributed by atoms with Crippen LogP contribution in [0, 0.1) is 0 Å². The zero-order valence-corrected chi connectivity index (χ0v) is 19.7. The molecule has 31 heavy (non-hydrogen) atoms. The van der Waals surface area contributed by atoms with E-state index in [1.54, 1.807) is 38.1 Å². The Balaban J connectivity index is 1.80. The van der Waals surface area contributed by atoms with Gasteiger partial charge in [0.1, 0.15) is 6.54 Å². The summed E-state index contributed by atoms with van der Waals surface area (Å²) in [6.45, 7) is 4.36. The highest BCUT2D eigenvalue weighted by atomic mass is 35.5. The Bertz CT molecular complexity index is 1070. The van der Waals surface area contributed by atoms with Crippen LogP contribution in [0.2, 0.25) is 5.02 Å². The van der Waals surface area contributed by atoms with E-state index < -0.39 is 10.0 Å². The van der Waals surface area contributed by atoms with Crippen LogP contribution in [0.4, 0.5) is 5.69 Å². The fraction of sp³-hybridized carbons (Fsp3) is 0.333. The van der Waals surface area contributed by atoms with E-state index in [1.807, 2.05) is 12.1 Å². The largest absolute Gasteiger partial charge is 0.350 e. The minimum atomic E-state index is -3.68. The number of carbonyl (C=O) groups is 2. The summed E-state index contributed by atoms with van der Waals surface area (Å²) in [7, 11) is -3.68. The molecule has 1 aliphatic rings. The Morgan fingerprint density at radius 1 is 1.16 bits per heavy atom. The number of halogens is 1. The van der Waals surface area contributed by atoms with Gasteiger partial charge in [-0.1, -0.05) is 37.6 Å². The number of fused-ring (bicyclic) bond motifs is 1. The van der Waals surface area contributed by atoms with E-state index in [0.29, 0.717) is 30.3 Å². The van der Waals surface area contributed by atoms with Crippen LogP contribution >= 0.6 is 23.4 Å². The molecule has 7 nitrogen and oxygen atoms in total. The van der Waals surface area contributed by atoms with Crippen molar-refractivity contribution in [2.75, 3.05) is 30.3 Å². The van der Waals surface area contributed by atoms with Gasteiger partial charge in [0.05, 0.1) is 16.3 Å². The number of hydrogen-bond donors (Lipinski definition) is 1. The van der Waals surface area contributed by atoms with Gasteiger partial charge in [0.2, 0.25) is 21.8 Å².